The fourth-order valence-electron chi connectivity index (χ4n) is 2.35. The molecule has 0 bridgehead atoms. The fraction of sp³-hybridized carbons (Fsp3) is 0.250. The fourth-order valence-corrected chi connectivity index (χ4v) is 2.35. The largest absolute Gasteiger partial charge is 0.352 e. The Kier molecular flexibility index (Phi) is 4.18. The molecule has 23 heavy (non-hydrogen) atoms. The Bertz CT molecular complexity index is 802. The maximum absolute atomic E-state index is 12.1. The number of aryl methyl sites for hydroxylation is 2. The highest BCUT2D eigenvalue weighted by Crippen LogP contribution is 2.17. The van der Waals surface area contributed by atoms with Gasteiger partial charge in [-0.1, -0.05) is 12.1 Å². The van der Waals surface area contributed by atoms with Gasteiger partial charge in [-0.05, 0) is 12.1 Å². The van der Waals surface area contributed by atoms with E-state index < -0.39 is 0 Å². The zero-order chi connectivity index (χ0) is 16.2. The van der Waals surface area contributed by atoms with Crippen molar-refractivity contribution in [3.8, 4) is 11.4 Å². The van der Waals surface area contributed by atoms with Gasteiger partial charge >= 0.3 is 0 Å². The van der Waals surface area contributed by atoms with E-state index in [9.17, 15) is 4.79 Å². The Balaban J connectivity index is 1.60. The predicted octanol–water partition coefficient (Wildman–Crippen LogP) is 1.19. The lowest BCUT2D eigenvalue weighted by Gasteiger charge is -2.06. The average Bonchev–Trinajstić information content (AvgIpc) is 3.16. The maximum Gasteiger partial charge on any atom is 0.251 e. The normalized spacial score (nSPS) is 10.7. The minimum Gasteiger partial charge on any atom is -0.352 e. The molecule has 1 aromatic carbocycles. The molecule has 0 aliphatic carbocycles. The van der Waals surface area contributed by atoms with Crippen LogP contribution in [0.2, 0.25) is 0 Å². The van der Waals surface area contributed by atoms with Crippen molar-refractivity contribution in [1.29, 1.82) is 0 Å². The van der Waals surface area contributed by atoms with Crippen LogP contribution in [0.1, 0.15) is 16.2 Å². The quantitative estimate of drug-likeness (QED) is 0.768. The lowest BCUT2D eigenvalue weighted by molar-refractivity contribution is 0.0954. The number of hydrogen-bond donors (Lipinski definition) is 1. The van der Waals surface area contributed by atoms with Gasteiger partial charge in [0.15, 0.2) is 0 Å². The first-order chi connectivity index (χ1) is 11.1. The second-order valence-corrected chi connectivity index (χ2v) is 5.24. The number of carbonyl (C=O) groups is 1. The van der Waals surface area contributed by atoms with Crippen LogP contribution in [-0.2, 0) is 20.5 Å². The zero-order valence-corrected chi connectivity index (χ0v) is 13.1. The molecule has 0 fully saturated rings. The molecular weight excluding hydrogens is 292 g/mol. The van der Waals surface area contributed by atoms with E-state index in [0.29, 0.717) is 18.5 Å². The third-order valence-corrected chi connectivity index (χ3v) is 3.67. The summed E-state index contributed by atoms with van der Waals surface area (Å²) in [5.41, 5.74) is 1.61. The van der Waals surface area contributed by atoms with Gasteiger partial charge in [-0.2, -0.15) is 5.10 Å². The predicted molar refractivity (Wildman–Crippen MR) is 85.7 cm³/mol. The maximum atomic E-state index is 12.1. The first-order valence-electron chi connectivity index (χ1n) is 7.34. The van der Waals surface area contributed by atoms with Crippen LogP contribution in [0.25, 0.3) is 11.4 Å². The summed E-state index contributed by atoms with van der Waals surface area (Å²) in [6.45, 7) is 0.520. The smallest absolute Gasteiger partial charge is 0.251 e. The Morgan fingerprint density at radius 3 is 2.57 bits per heavy atom. The van der Waals surface area contributed by atoms with E-state index in [1.54, 1.807) is 10.9 Å². The van der Waals surface area contributed by atoms with Gasteiger partial charge in [0.05, 0.1) is 0 Å². The van der Waals surface area contributed by atoms with Crippen molar-refractivity contribution >= 4 is 5.91 Å². The van der Waals surface area contributed by atoms with E-state index >= 15 is 0 Å². The number of nitrogens with one attached hydrogen (secondary N) is 1. The summed E-state index contributed by atoms with van der Waals surface area (Å²) >= 11 is 0. The Labute approximate surface area is 134 Å². The Morgan fingerprint density at radius 2 is 1.96 bits per heavy atom. The lowest BCUT2D eigenvalue weighted by Crippen LogP contribution is -2.26. The van der Waals surface area contributed by atoms with Crippen LogP contribution in [0.5, 0.6) is 0 Å². The number of aromatic nitrogens is 5. The van der Waals surface area contributed by atoms with Crippen LogP contribution in [0, 0.1) is 0 Å². The third kappa shape index (κ3) is 3.28. The SMILES string of the molecule is Cn1ccnc1-c1ccc(C(=O)NCCc2ncnn2C)cc1. The molecule has 0 atom stereocenters. The van der Waals surface area contributed by atoms with Gasteiger partial charge in [-0.3, -0.25) is 9.48 Å². The van der Waals surface area contributed by atoms with Crippen molar-refractivity contribution in [3.63, 3.8) is 0 Å². The molecule has 2 heterocycles. The summed E-state index contributed by atoms with van der Waals surface area (Å²) in [7, 11) is 3.77. The Hall–Kier alpha value is -2.96. The van der Waals surface area contributed by atoms with Crippen molar-refractivity contribution < 1.29 is 4.79 Å². The zero-order valence-electron chi connectivity index (χ0n) is 13.1. The van der Waals surface area contributed by atoms with Crippen molar-refractivity contribution in [2.45, 2.75) is 6.42 Å². The summed E-state index contributed by atoms with van der Waals surface area (Å²) in [5, 5.41) is 6.89. The van der Waals surface area contributed by atoms with Crippen molar-refractivity contribution in [3.05, 3.63) is 54.4 Å². The highest BCUT2D eigenvalue weighted by Gasteiger charge is 2.08. The highest BCUT2D eigenvalue weighted by atomic mass is 16.1. The molecule has 1 amide bonds. The molecule has 0 saturated heterocycles. The Morgan fingerprint density at radius 1 is 1.17 bits per heavy atom. The molecule has 118 valence electrons. The number of hydrogen-bond acceptors (Lipinski definition) is 4. The number of rotatable bonds is 5. The van der Waals surface area contributed by atoms with E-state index in [2.05, 4.69) is 20.4 Å². The van der Waals surface area contributed by atoms with Crippen LogP contribution in [0.4, 0.5) is 0 Å². The monoisotopic (exact) mass is 310 g/mol. The van der Waals surface area contributed by atoms with Gasteiger partial charge in [-0.15, -0.1) is 0 Å². The molecular formula is C16H18N6O. The van der Waals surface area contributed by atoms with Crippen LogP contribution in [0.15, 0.2) is 43.0 Å². The van der Waals surface area contributed by atoms with Gasteiger partial charge in [0, 0.05) is 50.6 Å². The molecule has 0 radical (unpaired) electrons. The molecule has 7 heteroatoms. The van der Waals surface area contributed by atoms with Crippen molar-refractivity contribution in [2.24, 2.45) is 14.1 Å². The minimum absolute atomic E-state index is 0.0986. The highest BCUT2D eigenvalue weighted by molar-refractivity contribution is 5.94. The van der Waals surface area contributed by atoms with E-state index in [0.717, 1.165) is 17.2 Å². The molecule has 7 nitrogen and oxygen atoms in total. The van der Waals surface area contributed by atoms with E-state index in [1.807, 2.05) is 49.1 Å². The van der Waals surface area contributed by atoms with Crippen LogP contribution >= 0.6 is 0 Å². The molecule has 2 aromatic heterocycles. The first-order valence-corrected chi connectivity index (χ1v) is 7.34. The van der Waals surface area contributed by atoms with Gasteiger partial charge in [0.2, 0.25) is 0 Å². The molecule has 0 spiro atoms. The van der Waals surface area contributed by atoms with E-state index in [-0.39, 0.29) is 5.91 Å². The summed E-state index contributed by atoms with van der Waals surface area (Å²) < 4.78 is 3.64. The summed E-state index contributed by atoms with van der Waals surface area (Å²) in [6.07, 6.45) is 5.80. The molecule has 1 N–H and O–H groups in total. The molecule has 3 rings (SSSR count). The van der Waals surface area contributed by atoms with Gasteiger partial charge in [0.25, 0.3) is 5.91 Å². The first kappa shape index (κ1) is 15.0. The van der Waals surface area contributed by atoms with Crippen molar-refractivity contribution in [2.75, 3.05) is 6.54 Å². The van der Waals surface area contributed by atoms with Gasteiger partial charge in [-0.25, -0.2) is 9.97 Å². The number of carbonyl (C=O) groups excluding carboxylic acids is 1. The summed E-state index contributed by atoms with van der Waals surface area (Å²) in [5.74, 6) is 1.62. The minimum atomic E-state index is -0.0986. The van der Waals surface area contributed by atoms with Gasteiger partial charge in [0.1, 0.15) is 18.0 Å². The summed E-state index contributed by atoms with van der Waals surface area (Å²) in [6, 6.07) is 7.42. The molecule has 0 saturated carbocycles. The van der Waals surface area contributed by atoms with Crippen molar-refractivity contribution in [1.82, 2.24) is 29.6 Å². The molecule has 3 aromatic rings. The number of imidazole rings is 1. The van der Waals surface area contributed by atoms with E-state index in [1.165, 1.54) is 6.33 Å². The lowest BCUT2D eigenvalue weighted by atomic mass is 10.1. The molecule has 0 unspecified atom stereocenters. The average molecular weight is 310 g/mol. The van der Waals surface area contributed by atoms with Gasteiger partial charge < -0.3 is 9.88 Å². The second-order valence-electron chi connectivity index (χ2n) is 5.24. The second kappa shape index (κ2) is 6.43. The standard InChI is InChI=1S/C16H18N6O/c1-21-10-9-17-15(21)12-3-5-13(6-4-12)16(23)18-8-7-14-19-11-20-22(14)2/h3-6,9-11H,7-8H2,1-2H3,(H,18,23). The van der Waals surface area contributed by atoms with Crippen LogP contribution in [0.3, 0.4) is 0 Å². The number of benzene rings is 1. The number of nitrogens with zero attached hydrogens (tertiary/aromatic N) is 5. The third-order valence-electron chi connectivity index (χ3n) is 3.67. The molecule has 0 aliphatic rings. The molecule has 0 aliphatic heterocycles. The van der Waals surface area contributed by atoms with Crippen LogP contribution < -0.4 is 5.32 Å². The topological polar surface area (TPSA) is 77.6 Å². The van der Waals surface area contributed by atoms with Crippen LogP contribution in [-0.4, -0.2) is 36.8 Å². The number of amides is 1. The van der Waals surface area contributed by atoms with E-state index in [4.69, 9.17) is 0 Å². The summed E-state index contributed by atoms with van der Waals surface area (Å²) in [4.78, 5) is 20.6.